The molecular weight excluding hydrogens is 370 g/mol. The molecule has 2 aliphatic heterocycles. The molecule has 0 saturated carbocycles. The Labute approximate surface area is 178 Å². The van der Waals surface area contributed by atoms with Gasteiger partial charge in [0.15, 0.2) is 5.78 Å². The van der Waals surface area contributed by atoms with Crippen molar-refractivity contribution in [2.45, 2.75) is 37.5 Å². The molecule has 0 unspecified atom stereocenters. The minimum atomic E-state index is -0.238. The molecule has 3 nitrogen and oxygen atoms in total. The van der Waals surface area contributed by atoms with E-state index in [-0.39, 0.29) is 24.0 Å². The van der Waals surface area contributed by atoms with Crippen molar-refractivity contribution in [3.05, 3.63) is 107 Å². The summed E-state index contributed by atoms with van der Waals surface area (Å²) < 4.78 is 6.75. The van der Waals surface area contributed by atoms with Crippen LogP contribution in [0, 0.1) is 0 Å². The lowest BCUT2D eigenvalue weighted by Gasteiger charge is -2.42. The second kappa shape index (κ2) is 8.55. The zero-order valence-corrected chi connectivity index (χ0v) is 17.1. The molecule has 5 rings (SSSR count). The molecule has 2 aliphatic rings. The Morgan fingerprint density at radius 3 is 2.10 bits per heavy atom. The number of benzene rings is 3. The highest BCUT2D eigenvalue weighted by Gasteiger charge is 2.40. The van der Waals surface area contributed by atoms with Crippen LogP contribution in [0.3, 0.4) is 0 Å². The van der Waals surface area contributed by atoms with Crippen molar-refractivity contribution in [1.29, 1.82) is 0 Å². The lowest BCUT2D eigenvalue weighted by molar-refractivity contribution is -0.0767. The first-order valence-electron chi connectivity index (χ1n) is 10.9. The first-order valence-corrected chi connectivity index (χ1v) is 10.9. The number of carbonyl (C=O) groups excluding carboxylic acids is 1. The van der Waals surface area contributed by atoms with Crippen molar-refractivity contribution in [1.82, 2.24) is 4.90 Å². The monoisotopic (exact) mass is 397 g/mol. The molecule has 0 aliphatic carbocycles. The highest BCUT2D eigenvalue weighted by atomic mass is 16.5. The van der Waals surface area contributed by atoms with Crippen LogP contribution in [0.2, 0.25) is 0 Å². The van der Waals surface area contributed by atoms with Crippen molar-refractivity contribution in [3.63, 3.8) is 0 Å². The van der Waals surface area contributed by atoms with E-state index in [9.17, 15) is 4.79 Å². The molecule has 1 saturated heterocycles. The number of fused-ring (bicyclic) bond motifs is 1. The molecule has 152 valence electrons. The Morgan fingerprint density at radius 1 is 0.800 bits per heavy atom. The second-order valence-electron chi connectivity index (χ2n) is 8.27. The molecule has 3 aromatic carbocycles. The fourth-order valence-electron chi connectivity index (χ4n) is 4.94. The third-order valence-electron chi connectivity index (χ3n) is 6.39. The minimum absolute atomic E-state index is 0.0761. The SMILES string of the molecule is O=C(C[C@@H]1O[C@H](c2ccccc2)[C@@H](N2CCCC2)c2ccccc21)c1ccccc1. The Balaban J connectivity index is 1.53. The Hall–Kier alpha value is -2.75. The summed E-state index contributed by atoms with van der Waals surface area (Å²) in [4.78, 5) is 15.6. The van der Waals surface area contributed by atoms with E-state index < -0.39 is 0 Å². The topological polar surface area (TPSA) is 29.5 Å². The van der Waals surface area contributed by atoms with Gasteiger partial charge in [-0.25, -0.2) is 0 Å². The fourth-order valence-corrected chi connectivity index (χ4v) is 4.94. The molecule has 3 heteroatoms. The standard InChI is InChI=1S/C27H27NO2/c29-24(20-11-3-1-4-12-20)19-25-22-15-7-8-16-23(22)26(28-17-9-10-18-28)27(30-25)21-13-5-2-6-14-21/h1-8,11-16,25-27H,9-10,17-19H2/t25-,26-,27+/m0/s1. The van der Waals surface area contributed by atoms with Gasteiger partial charge < -0.3 is 4.74 Å². The molecule has 0 radical (unpaired) electrons. The molecule has 3 aromatic rings. The van der Waals surface area contributed by atoms with Gasteiger partial charge in [-0.2, -0.15) is 0 Å². The summed E-state index contributed by atoms with van der Waals surface area (Å²) in [5, 5.41) is 0. The molecular formula is C27H27NO2. The van der Waals surface area contributed by atoms with Crippen molar-refractivity contribution in [2.75, 3.05) is 13.1 Å². The van der Waals surface area contributed by atoms with Gasteiger partial charge in [0.25, 0.3) is 0 Å². The van der Waals surface area contributed by atoms with E-state index in [2.05, 4.69) is 53.4 Å². The zero-order chi connectivity index (χ0) is 20.3. The molecule has 3 atom stereocenters. The molecule has 0 spiro atoms. The van der Waals surface area contributed by atoms with E-state index >= 15 is 0 Å². The van der Waals surface area contributed by atoms with Crippen LogP contribution in [0.4, 0.5) is 0 Å². The second-order valence-corrected chi connectivity index (χ2v) is 8.27. The van der Waals surface area contributed by atoms with Crippen molar-refractivity contribution < 1.29 is 9.53 Å². The largest absolute Gasteiger partial charge is 0.363 e. The molecule has 0 N–H and O–H groups in total. The molecule has 1 fully saturated rings. The zero-order valence-electron chi connectivity index (χ0n) is 17.1. The van der Waals surface area contributed by atoms with Crippen LogP contribution in [0.1, 0.15) is 64.6 Å². The number of ether oxygens (including phenoxy) is 1. The van der Waals surface area contributed by atoms with E-state index in [0.29, 0.717) is 6.42 Å². The molecule has 0 amide bonds. The van der Waals surface area contributed by atoms with Crippen LogP contribution in [-0.2, 0) is 4.74 Å². The van der Waals surface area contributed by atoms with Gasteiger partial charge in [0, 0.05) is 12.0 Å². The summed E-state index contributed by atoms with van der Waals surface area (Å²) in [6.45, 7) is 2.19. The number of rotatable bonds is 5. The summed E-state index contributed by atoms with van der Waals surface area (Å²) in [7, 11) is 0. The smallest absolute Gasteiger partial charge is 0.165 e. The molecule has 2 heterocycles. The Morgan fingerprint density at radius 2 is 1.40 bits per heavy atom. The Kier molecular flexibility index (Phi) is 5.48. The predicted molar refractivity (Wildman–Crippen MR) is 118 cm³/mol. The highest BCUT2D eigenvalue weighted by molar-refractivity contribution is 5.96. The maximum absolute atomic E-state index is 13.0. The summed E-state index contributed by atoms with van der Waals surface area (Å²) >= 11 is 0. The minimum Gasteiger partial charge on any atom is -0.363 e. The summed E-state index contributed by atoms with van der Waals surface area (Å²) in [5.74, 6) is 0.127. The Bertz CT molecular complexity index is 996. The van der Waals surface area contributed by atoms with Crippen LogP contribution in [0.15, 0.2) is 84.9 Å². The molecule has 0 bridgehead atoms. The van der Waals surface area contributed by atoms with Crippen molar-refractivity contribution >= 4 is 5.78 Å². The van der Waals surface area contributed by atoms with E-state index in [1.165, 1.54) is 24.0 Å². The first-order chi connectivity index (χ1) is 14.8. The van der Waals surface area contributed by atoms with E-state index in [4.69, 9.17) is 4.74 Å². The number of hydrogen-bond acceptors (Lipinski definition) is 3. The van der Waals surface area contributed by atoms with Crippen LogP contribution in [0.25, 0.3) is 0 Å². The van der Waals surface area contributed by atoms with E-state index in [1.54, 1.807) is 0 Å². The number of hydrogen-bond donors (Lipinski definition) is 0. The third kappa shape index (κ3) is 3.71. The lowest BCUT2D eigenvalue weighted by atomic mass is 9.84. The fraction of sp³-hybridized carbons (Fsp3) is 0.296. The average Bonchev–Trinajstić information content (AvgIpc) is 3.34. The van der Waals surface area contributed by atoms with Gasteiger partial charge in [-0.15, -0.1) is 0 Å². The van der Waals surface area contributed by atoms with E-state index in [0.717, 1.165) is 24.2 Å². The van der Waals surface area contributed by atoms with Crippen LogP contribution in [0.5, 0.6) is 0 Å². The van der Waals surface area contributed by atoms with Gasteiger partial charge in [-0.1, -0.05) is 84.9 Å². The van der Waals surface area contributed by atoms with Gasteiger partial charge in [-0.3, -0.25) is 9.69 Å². The van der Waals surface area contributed by atoms with Crippen LogP contribution < -0.4 is 0 Å². The summed E-state index contributed by atoms with van der Waals surface area (Å²) in [6, 6.07) is 28.8. The van der Waals surface area contributed by atoms with Gasteiger partial charge in [0.1, 0.15) is 6.10 Å². The maximum Gasteiger partial charge on any atom is 0.165 e. The molecule has 30 heavy (non-hydrogen) atoms. The quantitative estimate of drug-likeness (QED) is 0.501. The van der Waals surface area contributed by atoms with Gasteiger partial charge in [0.05, 0.1) is 12.1 Å². The number of likely N-dealkylation sites (tertiary alicyclic amines) is 1. The third-order valence-corrected chi connectivity index (χ3v) is 6.39. The first kappa shape index (κ1) is 19.2. The number of Topliss-reactive ketones (excluding diaryl/α,β-unsaturated/α-hetero) is 1. The van der Waals surface area contributed by atoms with E-state index in [1.807, 2.05) is 36.4 Å². The number of ketones is 1. The lowest BCUT2D eigenvalue weighted by Crippen LogP contribution is -2.36. The predicted octanol–water partition coefficient (Wildman–Crippen LogP) is 5.91. The summed E-state index contributed by atoms with van der Waals surface area (Å²) in [5.41, 5.74) is 4.40. The highest BCUT2D eigenvalue weighted by Crippen LogP contribution is 2.49. The maximum atomic E-state index is 13.0. The van der Waals surface area contributed by atoms with Crippen LogP contribution >= 0.6 is 0 Å². The number of nitrogens with zero attached hydrogens (tertiary/aromatic N) is 1. The van der Waals surface area contributed by atoms with Gasteiger partial charge in [-0.05, 0) is 42.6 Å². The van der Waals surface area contributed by atoms with Gasteiger partial charge >= 0.3 is 0 Å². The van der Waals surface area contributed by atoms with Gasteiger partial charge in [0.2, 0.25) is 0 Å². The van der Waals surface area contributed by atoms with Crippen molar-refractivity contribution in [2.24, 2.45) is 0 Å². The number of carbonyl (C=O) groups is 1. The van der Waals surface area contributed by atoms with Crippen LogP contribution in [-0.4, -0.2) is 23.8 Å². The average molecular weight is 398 g/mol. The normalized spacial score (nSPS) is 23.8. The summed E-state index contributed by atoms with van der Waals surface area (Å²) in [6.07, 6.45) is 2.51. The van der Waals surface area contributed by atoms with Crippen molar-refractivity contribution in [3.8, 4) is 0 Å². The molecule has 0 aromatic heterocycles.